The molecule has 2 unspecified atom stereocenters. The topological polar surface area (TPSA) is 104 Å². The monoisotopic (exact) mass is 305 g/mol. The Balaban J connectivity index is 0.000000796. The van der Waals surface area contributed by atoms with Gasteiger partial charge in [0.1, 0.15) is 5.22 Å². The summed E-state index contributed by atoms with van der Waals surface area (Å²) < 4.78 is 17.6. The van der Waals surface area contributed by atoms with E-state index in [2.05, 4.69) is 25.3 Å². The number of rotatable bonds is 5. The van der Waals surface area contributed by atoms with Crippen molar-refractivity contribution in [1.82, 2.24) is 0 Å². The van der Waals surface area contributed by atoms with Gasteiger partial charge >= 0.3 is 8.56 Å². The van der Waals surface area contributed by atoms with Gasteiger partial charge in [0.25, 0.3) is 0 Å². The van der Waals surface area contributed by atoms with Gasteiger partial charge in [-0.25, -0.2) is 0 Å². The highest BCUT2D eigenvalue weighted by Gasteiger charge is 2.61. The van der Waals surface area contributed by atoms with Gasteiger partial charge in [-0.1, -0.05) is 26.7 Å². The summed E-state index contributed by atoms with van der Waals surface area (Å²) in [4.78, 5) is 0. The summed E-state index contributed by atoms with van der Waals surface area (Å²) in [7, 11) is 3.18. The lowest BCUT2D eigenvalue weighted by Crippen LogP contribution is -2.67. The SMILES string of the molecule is CCCC1(OC)C(C)CCC[Si]1(OC)OC.N=C(N)N. The van der Waals surface area contributed by atoms with E-state index in [-0.39, 0.29) is 11.2 Å². The van der Waals surface area contributed by atoms with Crippen molar-refractivity contribution in [2.75, 3.05) is 21.3 Å². The first-order valence-corrected chi connectivity index (χ1v) is 9.13. The minimum atomic E-state index is -2.22. The molecular weight excluding hydrogens is 274 g/mol. The fourth-order valence-corrected chi connectivity index (χ4v) is 7.56. The summed E-state index contributed by atoms with van der Waals surface area (Å²) in [5, 5.41) is 5.89. The first-order valence-electron chi connectivity index (χ1n) is 7.10. The Hall–Kier alpha value is -0.633. The first-order chi connectivity index (χ1) is 9.35. The van der Waals surface area contributed by atoms with E-state index < -0.39 is 8.56 Å². The number of hydrogen-bond donors (Lipinski definition) is 3. The Morgan fingerprint density at radius 2 is 1.80 bits per heavy atom. The van der Waals surface area contributed by atoms with Crippen LogP contribution in [0.3, 0.4) is 0 Å². The summed E-state index contributed by atoms with van der Waals surface area (Å²) >= 11 is 0. The Morgan fingerprint density at radius 3 is 2.15 bits per heavy atom. The van der Waals surface area contributed by atoms with Crippen LogP contribution in [0.15, 0.2) is 0 Å². The third-order valence-corrected chi connectivity index (χ3v) is 8.80. The third-order valence-electron chi connectivity index (χ3n) is 4.23. The predicted octanol–water partition coefficient (Wildman–Crippen LogP) is 1.71. The molecule has 0 radical (unpaired) electrons. The molecule has 7 heteroatoms. The zero-order valence-electron chi connectivity index (χ0n) is 13.5. The molecule has 1 heterocycles. The summed E-state index contributed by atoms with van der Waals surface area (Å²) in [5.41, 5.74) is 8.94. The fourth-order valence-electron chi connectivity index (χ4n) is 3.36. The maximum Gasteiger partial charge on any atom is 0.371 e. The molecule has 1 rings (SSSR count). The molecule has 0 aromatic heterocycles. The molecule has 5 N–H and O–H groups in total. The van der Waals surface area contributed by atoms with Gasteiger partial charge in [0.15, 0.2) is 5.96 Å². The number of ether oxygens (including phenoxy) is 1. The highest BCUT2D eigenvalue weighted by atomic mass is 28.4. The lowest BCUT2D eigenvalue weighted by Gasteiger charge is -2.51. The van der Waals surface area contributed by atoms with Crippen molar-refractivity contribution in [2.45, 2.75) is 50.8 Å². The molecule has 0 aromatic carbocycles. The Labute approximate surface area is 123 Å². The smallest absolute Gasteiger partial charge is 0.371 e. The van der Waals surface area contributed by atoms with Crippen LogP contribution in [-0.4, -0.2) is 41.1 Å². The van der Waals surface area contributed by atoms with Crippen LogP contribution in [0.25, 0.3) is 0 Å². The maximum atomic E-state index is 6.06. The van der Waals surface area contributed by atoms with Gasteiger partial charge in [0, 0.05) is 21.3 Å². The van der Waals surface area contributed by atoms with Crippen molar-refractivity contribution >= 4 is 14.5 Å². The maximum absolute atomic E-state index is 6.06. The molecule has 120 valence electrons. The van der Waals surface area contributed by atoms with Crippen molar-refractivity contribution in [3.63, 3.8) is 0 Å². The molecule has 2 atom stereocenters. The Kier molecular flexibility index (Phi) is 8.34. The average molecular weight is 305 g/mol. The number of methoxy groups -OCH3 is 1. The minimum Gasteiger partial charge on any atom is -0.396 e. The molecule has 1 fully saturated rings. The van der Waals surface area contributed by atoms with Crippen molar-refractivity contribution in [2.24, 2.45) is 17.4 Å². The Bertz CT molecular complexity index is 297. The van der Waals surface area contributed by atoms with Gasteiger partial charge in [0.05, 0.1) is 0 Å². The predicted molar refractivity (Wildman–Crippen MR) is 83.7 cm³/mol. The van der Waals surface area contributed by atoms with Crippen LogP contribution in [0.1, 0.15) is 39.5 Å². The zero-order valence-corrected chi connectivity index (χ0v) is 14.5. The fraction of sp³-hybridized carbons (Fsp3) is 0.923. The molecule has 1 saturated heterocycles. The van der Waals surface area contributed by atoms with Crippen LogP contribution >= 0.6 is 0 Å². The van der Waals surface area contributed by atoms with Gasteiger partial charge in [-0.2, -0.15) is 0 Å². The largest absolute Gasteiger partial charge is 0.396 e. The van der Waals surface area contributed by atoms with E-state index in [1.54, 1.807) is 14.2 Å². The van der Waals surface area contributed by atoms with Crippen molar-refractivity contribution in [3.8, 4) is 0 Å². The van der Waals surface area contributed by atoms with Crippen molar-refractivity contribution < 1.29 is 13.6 Å². The lowest BCUT2D eigenvalue weighted by atomic mass is 9.94. The molecule has 0 spiro atoms. The van der Waals surface area contributed by atoms with Gasteiger partial charge in [-0.3, -0.25) is 5.41 Å². The van der Waals surface area contributed by atoms with E-state index in [0.29, 0.717) is 5.92 Å². The molecule has 0 aliphatic carbocycles. The van der Waals surface area contributed by atoms with Crippen LogP contribution in [-0.2, 0) is 13.6 Å². The van der Waals surface area contributed by atoms with Crippen LogP contribution in [0.5, 0.6) is 0 Å². The van der Waals surface area contributed by atoms with E-state index in [0.717, 1.165) is 18.9 Å². The van der Waals surface area contributed by atoms with Crippen molar-refractivity contribution in [1.29, 1.82) is 5.41 Å². The summed E-state index contributed by atoms with van der Waals surface area (Å²) in [6.45, 7) is 4.48. The molecule has 1 aliphatic rings. The van der Waals surface area contributed by atoms with Crippen LogP contribution in [0.4, 0.5) is 0 Å². The molecular formula is C13H31N3O3Si. The summed E-state index contributed by atoms with van der Waals surface area (Å²) in [6.07, 6.45) is 4.57. The lowest BCUT2D eigenvalue weighted by molar-refractivity contribution is -0.0481. The van der Waals surface area contributed by atoms with E-state index >= 15 is 0 Å². The minimum absolute atomic E-state index is 0.163. The Morgan fingerprint density at radius 1 is 1.30 bits per heavy atom. The van der Waals surface area contributed by atoms with E-state index in [4.69, 9.17) is 19.0 Å². The normalized spacial score (nSPS) is 28.4. The van der Waals surface area contributed by atoms with Gasteiger partial charge in [-0.15, -0.1) is 0 Å². The standard InChI is InChI=1S/C12H26O3Si.CH5N3/c1-6-9-12(13-3)11(2)8-7-10-16(12,14-4)15-5;2-1(3)4/h11H,6-10H2,1-5H3;(H5,2,3,4). The second kappa shape index (κ2) is 8.61. The van der Waals surface area contributed by atoms with Gasteiger partial charge in [-0.05, 0) is 24.8 Å². The quantitative estimate of drug-likeness (QED) is 0.407. The molecule has 0 bridgehead atoms. The summed E-state index contributed by atoms with van der Waals surface area (Å²) in [6, 6.07) is 1.05. The average Bonchev–Trinajstić information content (AvgIpc) is 2.40. The molecule has 1 aliphatic heterocycles. The van der Waals surface area contributed by atoms with E-state index in [9.17, 15) is 0 Å². The number of hydrogen-bond acceptors (Lipinski definition) is 4. The second-order valence-electron chi connectivity index (χ2n) is 5.25. The number of nitrogens with two attached hydrogens (primary N) is 2. The summed E-state index contributed by atoms with van der Waals surface area (Å²) in [5.74, 6) is 0.192. The van der Waals surface area contributed by atoms with E-state index in [1.807, 2.05) is 7.11 Å². The van der Waals surface area contributed by atoms with Crippen LogP contribution in [0, 0.1) is 11.3 Å². The molecule has 0 amide bonds. The van der Waals surface area contributed by atoms with E-state index in [1.165, 1.54) is 12.8 Å². The second-order valence-corrected chi connectivity index (χ2v) is 8.92. The molecule has 6 nitrogen and oxygen atoms in total. The van der Waals surface area contributed by atoms with Crippen LogP contribution in [0.2, 0.25) is 6.04 Å². The molecule has 0 aromatic rings. The number of nitrogens with one attached hydrogen (secondary N) is 1. The molecule has 20 heavy (non-hydrogen) atoms. The highest BCUT2D eigenvalue weighted by Crippen LogP contribution is 2.46. The first kappa shape index (κ1) is 19.4. The zero-order chi connectivity index (χ0) is 15.8. The van der Waals surface area contributed by atoms with Crippen molar-refractivity contribution in [3.05, 3.63) is 0 Å². The molecule has 0 saturated carbocycles. The number of guanidine groups is 1. The third kappa shape index (κ3) is 3.94. The van der Waals surface area contributed by atoms with Crippen LogP contribution < -0.4 is 11.5 Å². The van der Waals surface area contributed by atoms with Gasteiger partial charge < -0.3 is 25.1 Å². The highest BCUT2D eigenvalue weighted by molar-refractivity contribution is 6.70. The van der Waals surface area contributed by atoms with Gasteiger partial charge in [0.2, 0.25) is 0 Å².